The summed E-state index contributed by atoms with van der Waals surface area (Å²) in [6, 6.07) is 8.99. The molecular weight excluding hydrogens is 317 g/mol. The second kappa shape index (κ2) is 5.98. The third kappa shape index (κ3) is 2.99. The van der Waals surface area contributed by atoms with Crippen molar-refractivity contribution in [2.75, 3.05) is 18.1 Å². The van der Waals surface area contributed by atoms with Crippen molar-refractivity contribution in [3.8, 4) is 0 Å². The summed E-state index contributed by atoms with van der Waals surface area (Å²) in [7, 11) is -0.329. The first-order valence-electron chi connectivity index (χ1n) is 9.26. The zero-order valence-corrected chi connectivity index (χ0v) is 15.6. The number of anilines is 1. The first-order valence-corrected chi connectivity index (χ1v) is 9.26. The largest absolute Gasteiger partial charge is 0.494 e. The van der Waals surface area contributed by atoms with Crippen molar-refractivity contribution in [1.82, 2.24) is 0 Å². The number of hydrogen-bond acceptors (Lipinski definition) is 5. The van der Waals surface area contributed by atoms with E-state index in [2.05, 4.69) is 56.9 Å². The number of piperidine rings is 1. The van der Waals surface area contributed by atoms with Crippen LogP contribution in [0.1, 0.15) is 40.5 Å². The Hall–Kier alpha value is -1.08. The van der Waals surface area contributed by atoms with Gasteiger partial charge in [-0.25, -0.2) is 0 Å². The average Bonchev–Trinajstić information content (AvgIpc) is 2.75. The maximum absolute atomic E-state index is 10.1. The molecule has 4 rings (SSSR count). The van der Waals surface area contributed by atoms with Gasteiger partial charge in [0.25, 0.3) is 0 Å². The van der Waals surface area contributed by atoms with E-state index in [9.17, 15) is 5.11 Å². The second-order valence-corrected chi connectivity index (χ2v) is 8.56. The number of fused-ring (bicyclic) bond motifs is 2. The molecule has 136 valence electrons. The maximum Gasteiger partial charge on any atom is 0.494 e. The Morgan fingerprint density at radius 3 is 2.00 bits per heavy atom. The maximum atomic E-state index is 10.1. The van der Waals surface area contributed by atoms with Crippen molar-refractivity contribution in [2.45, 2.75) is 69.9 Å². The zero-order valence-electron chi connectivity index (χ0n) is 15.6. The lowest BCUT2D eigenvalue weighted by Gasteiger charge is -2.48. The third-order valence-electron chi connectivity index (χ3n) is 6.21. The summed E-state index contributed by atoms with van der Waals surface area (Å²) >= 11 is 0. The monoisotopic (exact) mass is 345 g/mol. The molecule has 6 heteroatoms. The molecule has 3 atom stereocenters. The van der Waals surface area contributed by atoms with Crippen molar-refractivity contribution >= 4 is 18.3 Å². The summed E-state index contributed by atoms with van der Waals surface area (Å²) in [5, 5.41) is 10.1. The Kier molecular flexibility index (Phi) is 4.15. The van der Waals surface area contributed by atoms with Crippen LogP contribution in [-0.2, 0) is 14.0 Å². The molecule has 3 aliphatic rings. The van der Waals surface area contributed by atoms with Gasteiger partial charge in [-0.3, -0.25) is 0 Å². The van der Waals surface area contributed by atoms with Crippen LogP contribution < -0.4 is 10.4 Å². The fourth-order valence-electron chi connectivity index (χ4n) is 4.09. The summed E-state index contributed by atoms with van der Waals surface area (Å²) in [6.07, 6.45) is 1.34. The Morgan fingerprint density at radius 2 is 1.48 bits per heavy atom. The van der Waals surface area contributed by atoms with Gasteiger partial charge in [-0.05, 0) is 58.1 Å². The molecule has 0 aromatic heterocycles. The first-order chi connectivity index (χ1) is 11.8. The van der Waals surface area contributed by atoms with Gasteiger partial charge < -0.3 is 24.1 Å². The quantitative estimate of drug-likeness (QED) is 0.827. The van der Waals surface area contributed by atoms with E-state index < -0.39 is 0 Å². The molecule has 3 aliphatic heterocycles. The number of benzene rings is 1. The van der Waals surface area contributed by atoms with Crippen molar-refractivity contribution in [1.29, 1.82) is 0 Å². The Balaban J connectivity index is 1.53. The molecule has 3 saturated heterocycles. The van der Waals surface area contributed by atoms with Crippen LogP contribution in [0.25, 0.3) is 0 Å². The predicted molar refractivity (Wildman–Crippen MR) is 98.3 cm³/mol. The molecule has 1 aromatic carbocycles. The van der Waals surface area contributed by atoms with Crippen LogP contribution >= 0.6 is 0 Å². The summed E-state index contributed by atoms with van der Waals surface area (Å²) in [5.41, 5.74) is 1.58. The number of aliphatic hydroxyl groups excluding tert-OH is 1. The van der Waals surface area contributed by atoms with E-state index in [0.29, 0.717) is 13.2 Å². The normalized spacial score (nSPS) is 33.6. The van der Waals surface area contributed by atoms with Gasteiger partial charge in [0.1, 0.15) is 0 Å². The van der Waals surface area contributed by atoms with Crippen LogP contribution in [0.5, 0.6) is 0 Å². The Labute approximate surface area is 150 Å². The molecule has 5 nitrogen and oxygen atoms in total. The molecule has 2 bridgehead atoms. The van der Waals surface area contributed by atoms with Crippen molar-refractivity contribution in [2.24, 2.45) is 0 Å². The Bertz CT molecular complexity index is 603. The number of aliphatic hydroxyl groups is 1. The van der Waals surface area contributed by atoms with Gasteiger partial charge in [-0.15, -0.1) is 0 Å². The van der Waals surface area contributed by atoms with Crippen LogP contribution in [0.3, 0.4) is 0 Å². The summed E-state index contributed by atoms with van der Waals surface area (Å²) in [5.74, 6) is 0. The number of morpholine rings is 1. The minimum absolute atomic E-state index is 0.209. The molecular formula is C19H28BNO4. The second-order valence-electron chi connectivity index (χ2n) is 8.56. The molecule has 3 fully saturated rings. The Morgan fingerprint density at radius 1 is 0.960 bits per heavy atom. The van der Waals surface area contributed by atoms with E-state index in [1.807, 2.05) is 0 Å². The highest BCUT2D eigenvalue weighted by Gasteiger charge is 2.51. The van der Waals surface area contributed by atoms with Gasteiger partial charge in [0.2, 0.25) is 0 Å². The van der Waals surface area contributed by atoms with Gasteiger partial charge in [0.15, 0.2) is 0 Å². The zero-order chi connectivity index (χ0) is 17.8. The standard InChI is InChI=1S/C19H28BNO4/c1-18(2)19(3,4)25-20(24-18)13-5-7-14(8-6-13)21-15-9-17(22)10-16(21)12-23-11-15/h5-8,15-17,22H,9-12H2,1-4H3/t15-,16+,17-. The van der Waals surface area contributed by atoms with E-state index in [4.69, 9.17) is 14.0 Å². The number of ether oxygens (including phenoxy) is 1. The molecule has 0 amide bonds. The van der Waals surface area contributed by atoms with Crippen LogP contribution in [0.15, 0.2) is 24.3 Å². The van der Waals surface area contributed by atoms with Crippen LogP contribution in [0.2, 0.25) is 0 Å². The molecule has 25 heavy (non-hydrogen) atoms. The van der Waals surface area contributed by atoms with E-state index in [-0.39, 0.29) is 36.5 Å². The van der Waals surface area contributed by atoms with Crippen LogP contribution in [-0.4, -0.2) is 54.8 Å². The van der Waals surface area contributed by atoms with Gasteiger partial charge in [-0.2, -0.15) is 0 Å². The van der Waals surface area contributed by atoms with Crippen molar-refractivity contribution < 1.29 is 19.2 Å². The van der Waals surface area contributed by atoms with Gasteiger partial charge in [0, 0.05) is 5.69 Å². The fraction of sp³-hybridized carbons (Fsp3) is 0.684. The van der Waals surface area contributed by atoms with Crippen molar-refractivity contribution in [3.05, 3.63) is 24.3 Å². The topological polar surface area (TPSA) is 51.2 Å². The third-order valence-corrected chi connectivity index (χ3v) is 6.21. The van der Waals surface area contributed by atoms with Gasteiger partial charge >= 0.3 is 7.12 Å². The summed E-state index contributed by atoms with van der Waals surface area (Å²) in [4.78, 5) is 2.42. The van der Waals surface area contributed by atoms with Crippen molar-refractivity contribution in [3.63, 3.8) is 0 Å². The molecule has 0 spiro atoms. The van der Waals surface area contributed by atoms with E-state index in [0.717, 1.165) is 18.3 Å². The molecule has 0 radical (unpaired) electrons. The van der Waals surface area contributed by atoms with E-state index >= 15 is 0 Å². The van der Waals surface area contributed by atoms with Crippen LogP contribution in [0.4, 0.5) is 5.69 Å². The SMILES string of the molecule is CC1(C)OB(c2ccc(N3[C@@H]4COC[C@H]3C[C@@H](O)C4)cc2)OC1(C)C. The van der Waals surface area contributed by atoms with Gasteiger partial charge in [-0.1, -0.05) is 12.1 Å². The lowest BCUT2D eigenvalue weighted by molar-refractivity contribution is 0.00124. The predicted octanol–water partition coefficient (Wildman–Crippen LogP) is 1.71. The molecule has 0 unspecified atom stereocenters. The number of nitrogens with zero attached hydrogens (tertiary/aromatic N) is 1. The van der Waals surface area contributed by atoms with E-state index in [1.165, 1.54) is 5.69 Å². The molecule has 3 heterocycles. The number of rotatable bonds is 2. The summed E-state index contributed by atoms with van der Waals surface area (Å²) in [6.45, 7) is 9.66. The fourth-order valence-corrected chi connectivity index (χ4v) is 4.09. The average molecular weight is 345 g/mol. The molecule has 0 saturated carbocycles. The highest BCUT2D eigenvalue weighted by molar-refractivity contribution is 6.62. The lowest BCUT2D eigenvalue weighted by Crippen LogP contribution is -2.58. The van der Waals surface area contributed by atoms with Crippen LogP contribution in [0, 0.1) is 0 Å². The molecule has 1 N–H and O–H groups in total. The van der Waals surface area contributed by atoms with E-state index in [1.54, 1.807) is 0 Å². The molecule has 1 aromatic rings. The highest BCUT2D eigenvalue weighted by Crippen LogP contribution is 2.37. The minimum atomic E-state index is -0.329. The minimum Gasteiger partial charge on any atom is -0.399 e. The number of hydrogen-bond donors (Lipinski definition) is 1. The highest BCUT2D eigenvalue weighted by atomic mass is 16.7. The van der Waals surface area contributed by atoms with Gasteiger partial charge in [0.05, 0.1) is 42.6 Å². The first kappa shape index (κ1) is 17.3. The smallest absolute Gasteiger partial charge is 0.399 e. The molecule has 0 aliphatic carbocycles. The lowest BCUT2D eigenvalue weighted by atomic mass is 9.79. The summed E-state index contributed by atoms with van der Waals surface area (Å²) < 4.78 is 18.0.